The van der Waals surface area contributed by atoms with Crippen LogP contribution in [-0.2, 0) is 16.1 Å². The molecule has 3 N–H and O–H groups in total. The van der Waals surface area contributed by atoms with Crippen LogP contribution in [0.1, 0.15) is 50.4 Å². The van der Waals surface area contributed by atoms with E-state index >= 15 is 0 Å². The molecule has 2 aromatic heterocycles. The first-order chi connectivity index (χ1) is 13.8. The van der Waals surface area contributed by atoms with Crippen molar-refractivity contribution >= 4 is 28.5 Å². The number of hydrogen-bond donors (Lipinski definition) is 2. The molecular formula is C20H28N6O3. The third kappa shape index (κ3) is 3.60. The average Bonchev–Trinajstić information content (AvgIpc) is 3.16. The third-order valence-corrected chi connectivity index (χ3v) is 6.03. The van der Waals surface area contributed by atoms with Crippen molar-refractivity contribution in [2.45, 2.75) is 52.6 Å². The molecule has 9 nitrogen and oxygen atoms in total. The topological polar surface area (TPSA) is 115 Å². The van der Waals surface area contributed by atoms with Gasteiger partial charge in [-0.3, -0.25) is 9.59 Å². The van der Waals surface area contributed by atoms with E-state index in [1.165, 1.54) is 6.20 Å². The maximum Gasteiger partial charge on any atom is 0.278 e. The van der Waals surface area contributed by atoms with Gasteiger partial charge >= 0.3 is 0 Å². The van der Waals surface area contributed by atoms with Crippen LogP contribution in [0.25, 0.3) is 11.0 Å². The molecule has 2 fully saturated rings. The lowest BCUT2D eigenvalue weighted by molar-refractivity contribution is -0.130. The molecule has 3 heterocycles. The van der Waals surface area contributed by atoms with Crippen LogP contribution in [0.4, 0.5) is 5.69 Å². The fourth-order valence-electron chi connectivity index (χ4n) is 3.91. The van der Waals surface area contributed by atoms with Gasteiger partial charge in [-0.2, -0.15) is 5.10 Å². The van der Waals surface area contributed by atoms with E-state index in [9.17, 15) is 9.59 Å². The SMILES string of the molecule is CCn1ncc2c(NC3CCOCC3)c(C(=O)N(N)C(=O)C3CC3(C)C)cnc21. The zero-order valence-electron chi connectivity index (χ0n) is 17.1. The highest BCUT2D eigenvalue weighted by atomic mass is 16.5. The lowest BCUT2D eigenvalue weighted by Crippen LogP contribution is -2.44. The highest BCUT2D eigenvalue weighted by Gasteiger charge is 2.52. The van der Waals surface area contributed by atoms with E-state index in [0.29, 0.717) is 31.1 Å². The van der Waals surface area contributed by atoms with Crippen molar-refractivity contribution in [3.05, 3.63) is 18.0 Å². The number of aromatic nitrogens is 3. The first kappa shape index (κ1) is 19.8. The largest absolute Gasteiger partial charge is 0.381 e. The van der Waals surface area contributed by atoms with E-state index in [2.05, 4.69) is 15.4 Å². The Labute approximate surface area is 169 Å². The van der Waals surface area contributed by atoms with Gasteiger partial charge in [0.2, 0.25) is 5.91 Å². The normalized spacial score (nSPS) is 21.2. The van der Waals surface area contributed by atoms with Gasteiger partial charge in [-0.25, -0.2) is 20.5 Å². The van der Waals surface area contributed by atoms with Crippen molar-refractivity contribution in [1.29, 1.82) is 0 Å². The summed E-state index contributed by atoms with van der Waals surface area (Å²) < 4.78 is 7.21. The lowest BCUT2D eigenvalue weighted by atomic mass is 10.1. The molecule has 156 valence electrons. The minimum absolute atomic E-state index is 0.109. The highest BCUT2D eigenvalue weighted by molar-refractivity contribution is 6.11. The van der Waals surface area contributed by atoms with Crippen molar-refractivity contribution < 1.29 is 14.3 Å². The molecule has 1 aliphatic carbocycles. The molecule has 2 aromatic rings. The summed E-state index contributed by atoms with van der Waals surface area (Å²) in [6.45, 7) is 7.98. The number of ether oxygens (including phenoxy) is 1. The highest BCUT2D eigenvalue weighted by Crippen LogP contribution is 2.52. The Morgan fingerprint density at radius 1 is 1.34 bits per heavy atom. The van der Waals surface area contributed by atoms with E-state index in [4.69, 9.17) is 10.6 Å². The molecule has 0 radical (unpaired) electrons. The summed E-state index contributed by atoms with van der Waals surface area (Å²) in [5.41, 5.74) is 1.50. The van der Waals surface area contributed by atoms with Gasteiger partial charge in [0.05, 0.1) is 22.8 Å². The van der Waals surface area contributed by atoms with Crippen LogP contribution >= 0.6 is 0 Å². The molecule has 9 heteroatoms. The summed E-state index contributed by atoms with van der Waals surface area (Å²) in [5, 5.41) is 9.35. The number of carbonyl (C=O) groups is 2. The second kappa shape index (κ2) is 7.38. The Kier molecular flexibility index (Phi) is 5.04. The van der Waals surface area contributed by atoms with Crippen LogP contribution in [0.15, 0.2) is 12.4 Å². The van der Waals surface area contributed by atoms with Crippen molar-refractivity contribution in [3.63, 3.8) is 0 Å². The quantitative estimate of drug-likeness (QED) is 0.341. The number of nitrogens with one attached hydrogen (secondary N) is 1. The Morgan fingerprint density at radius 2 is 2.03 bits per heavy atom. The number of carbonyl (C=O) groups excluding carboxylic acids is 2. The van der Waals surface area contributed by atoms with Crippen molar-refractivity contribution in [2.75, 3.05) is 18.5 Å². The van der Waals surface area contributed by atoms with Crippen molar-refractivity contribution in [2.24, 2.45) is 17.2 Å². The summed E-state index contributed by atoms with van der Waals surface area (Å²) in [6, 6.07) is 0.162. The Morgan fingerprint density at radius 3 is 2.66 bits per heavy atom. The summed E-state index contributed by atoms with van der Waals surface area (Å²) in [4.78, 5) is 30.3. The van der Waals surface area contributed by atoms with Crippen molar-refractivity contribution in [3.8, 4) is 0 Å². The standard InChI is InChI=1S/C20H28N6O3/c1-4-25-17-13(11-23-25)16(24-12-5-7-29-8-6-12)14(10-22-17)18(27)26(21)19(28)15-9-20(15,2)3/h10-12,15H,4-9,21H2,1-3H3,(H,22,24). The predicted molar refractivity (Wildman–Crippen MR) is 108 cm³/mol. The average molecular weight is 400 g/mol. The number of pyridine rings is 1. The number of rotatable bonds is 5. The number of hydrazine groups is 1. The van der Waals surface area contributed by atoms with Crippen LogP contribution in [0.3, 0.4) is 0 Å². The maximum atomic E-state index is 13.2. The molecule has 1 atom stereocenters. The number of aryl methyl sites for hydroxylation is 1. The van der Waals surface area contributed by atoms with E-state index < -0.39 is 5.91 Å². The van der Waals surface area contributed by atoms with Crippen LogP contribution in [0.2, 0.25) is 0 Å². The molecule has 2 amide bonds. The third-order valence-electron chi connectivity index (χ3n) is 6.03. The van der Waals surface area contributed by atoms with E-state index in [1.807, 2.05) is 20.8 Å². The first-order valence-corrected chi connectivity index (χ1v) is 10.1. The van der Waals surface area contributed by atoms with E-state index in [-0.39, 0.29) is 28.8 Å². The Bertz CT molecular complexity index is 947. The molecule has 29 heavy (non-hydrogen) atoms. The summed E-state index contributed by atoms with van der Waals surface area (Å²) in [7, 11) is 0. The summed E-state index contributed by atoms with van der Waals surface area (Å²) in [5.74, 6) is 4.85. The molecule has 0 aromatic carbocycles. The molecule has 1 saturated carbocycles. The number of hydrogen-bond acceptors (Lipinski definition) is 7. The van der Waals surface area contributed by atoms with Gasteiger partial charge in [0.1, 0.15) is 0 Å². The second-order valence-electron chi connectivity index (χ2n) is 8.53. The first-order valence-electron chi connectivity index (χ1n) is 10.1. The number of fused-ring (bicyclic) bond motifs is 1. The predicted octanol–water partition coefficient (Wildman–Crippen LogP) is 1.93. The van der Waals surface area contributed by atoms with Gasteiger partial charge in [0.25, 0.3) is 5.91 Å². The zero-order valence-corrected chi connectivity index (χ0v) is 17.1. The van der Waals surface area contributed by atoms with Crippen LogP contribution < -0.4 is 11.2 Å². The molecule has 0 bridgehead atoms. The van der Waals surface area contributed by atoms with Gasteiger partial charge in [0, 0.05) is 37.9 Å². The van der Waals surface area contributed by atoms with Gasteiger partial charge in [-0.05, 0) is 31.6 Å². The maximum absolute atomic E-state index is 13.2. The van der Waals surface area contributed by atoms with Crippen molar-refractivity contribution in [1.82, 2.24) is 19.8 Å². The zero-order chi connectivity index (χ0) is 20.8. The van der Waals surface area contributed by atoms with Crippen LogP contribution in [0.5, 0.6) is 0 Å². The summed E-state index contributed by atoms with van der Waals surface area (Å²) in [6.07, 6.45) is 5.60. The van der Waals surface area contributed by atoms with Gasteiger partial charge in [-0.15, -0.1) is 0 Å². The molecule has 1 saturated heterocycles. The Balaban J connectivity index is 1.69. The molecule has 1 unspecified atom stereocenters. The minimum atomic E-state index is -0.550. The molecular weight excluding hydrogens is 372 g/mol. The smallest absolute Gasteiger partial charge is 0.278 e. The number of amides is 2. The minimum Gasteiger partial charge on any atom is -0.381 e. The van der Waals surface area contributed by atoms with E-state index in [0.717, 1.165) is 29.7 Å². The lowest BCUT2D eigenvalue weighted by Gasteiger charge is -2.26. The van der Waals surface area contributed by atoms with Gasteiger partial charge in [0.15, 0.2) is 5.65 Å². The van der Waals surface area contributed by atoms with E-state index in [1.54, 1.807) is 10.9 Å². The summed E-state index contributed by atoms with van der Waals surface area (Å²) >= 11 is 0. The fraction of sp³-hybridized carbons (Fsp3) is 0.600. The molecule has 2 aliphatic rings. The Hall–Kier alpha value is -2.52. The van der Waals surface area contributed by atoms with Crippen LogP contribution in [-0.4, -0.2) is 50.8 Å². The van der Waals surface area contributed by atoms with Gasteiger partial charge in [-0.1, -0.05) is 13.8 Å². The monoisotopic (exact) mass is 400 g/mol. The number of nitrogens with two attached hydrogens (primary N) is 1. The fourth-order valence-corrected chi connectivity index (χ4v) is 3.91. The number of anilines is 1. The molecule has 0 spiro atoms. The number of nitrogens with zero attached hydrogens (tertiary/aromatic N) is 4. The van der Waals surface area contributed by atoms with Gasteiger partial charge < -0.3 is 10.1 Å². The number of imide groups is 1. The second-order valence-corrected chi connectivity index (χ2v) is 8.53. The molecule has 4 rings (SSSR count). The molecule has 1 aliphatic heterocycles. The van der Waals surface area contributed by atoms with Crippen LogP contribution in [0, 0.1) is 11.3 Å².